The predicted octanol–water partition coefficient (Wildman–Crippen LogP) is 3.51. The second kappa shape index (κ2) is 5.31. The van der Waals surface area contributed by atoms with Gasteiger partial charge in [-0.15, -0.1) is 11.8 Å². The lowest BCUT2D eigenvalue weighted by Gasteiger charge is -2.27. The standard InChI is InChI=1S/C12H14BrNO2S/c1-7-4-9(13)12-10(5-7)17-6-8(14-12)2-3-11(15)16/h4-5,8,14H,2-3,6H2,1H3,(H,15,16). The van der Waals surface area contributed by atoms with Crippen LogP contribution in [0, 0.1) is 6.92 Å². The molecule has 17 heavy (non-hydrogen) atoms. The van der Waals surface area contributed by atoms with E-state index in [1.54, 1.807) is 11.8 Å². The number of aryl methyl sites for hydroxylation is 1. The molecular formula is C12H14BrNO2S. The summed E-state index contributed by atoms with van der Waals surface area (Å²) >= 11 is 5.34. The van der Waals surface area contributed by atoms with Gasteiger partial charge < -0.3 is 10.4 Å². The number of thioether (sulfide) groups is 1. The highest BCUT2D eigenvalue weighted by molar-refractivity contribution is 9.10. The zero-order chi connectivity index (χ0) is 12.4. The van der Waals surface area contributed by atoms with Crippen LogP contribution >= 0.6 is 27.7 Å². The van der Waals surface area contributed by atoms with Gasteiger partial charge in [0.2, 0.25) is 0 Å². The summed E-state index contributed by atoms with van der Waals surface area (Å²) in [4.78, 5) is 11.8. The number of carboxylic acid groups (broad SMARTS) is 1. The Bertz CT molecular complexity index is 450. The first-order valence-corrected chi connectivity index (χ1v) is 7.25. The van der Waals surface area contributed by atoms with Gasteiger partial charge in [-0.25, -0.2) is 0 Å². The fourth-order valence-electron chi connectivity index (χ4n) is 1.85. The quantitative estimate of drug-likeness (QED) is 0.896. The van der Waals surface area contributed by atoms with E-state index >= 15 is 0 Å². The second-order valence-electron chi connectivity index (χ2n) is 4.20. The first-order valence-electron chi connectivity index (χ1n) is 5.47. The van der Waals surface area contributed by atoms with E-state index in [0.29, 0.717) is 6.42 Å². The van der Waals surface area contributed by atoms with Crippen molar-refractivity contribution in [3.63, 3.8) is 0 Å². The van der Waals surface area contributed by atoms with Crippen molar-refractivity contribution >= 4 is 39.3 Å². The average molecular weight is 316 g/mol. The highest BCUT2D eigenvalue weighted by atomic mass is 79.9. The molecule has 0 aliphatic carbocycles. The minimum Gasteiger partial charge on any atom is -0.481 e. The molecule has 3 nitrogen and oxygen atoms in total. The summed E-state index contributed by atoms with van der Waals surface area (Å²) in [6, 6.07) is 4.47. The molecule has 1 aliphatic rings. The number of halogens is 1. The normalized spacial score (nSPS) is 18.4. The number of carbonyl (C=O) groups is 1. The minimum atomic E-state index is -0.731. The summed E-state index contributed by atoms with van der Waals surface area (Å²) in [5, 5.41) is 12.1. The Morgan fingerprint density at radius 3 is 3.12 bits per heavy atom. The first-order chi connectivity index (χ1) is 8.06. The molecule has 1 unspecified atom stereocenters. The van der Waals surface area contributed by atoms with Gasteiger partial charge in [0.1, 0.15) is 0 Å². The Labute approximate surface area is 113 Å². The Morgan fingerprint density at radius 1 is 1.65 bits per heavy atom. The van der Waals surface area contributed by atoms with E-state index < -0.39 is 5.97 Å². The topological polar surface area (TPSA) is 49.3 Å². The number of rotatable bonds is 3. The molecule has 2 rings (SSSR count). The lowest BCUT2D eigenvalue weighted by Crippen LogP contribution is -2.27. The Morgan fingerprint density at radius 2 is 2.41 bits per heavy atom. The largest absolute Gasteiger partial charge is 0.481 e. The van der Waals surface area contributed by atoms with E-state index in [1.165, 1.54) is 10.5 Å². The van der Waals surface area contributed by atoms with Crippen molar-refractivity contribution in [3.8, 4) is 0 Å². The molecule has 1 aliphatic heterocycles. The number of hydrogen-bond acceptors (Lipinski definition) is 3. The maximum Gasteiger partial charge on any atom is 0.303 e. The van der Waals surface area contributed by atoms with Crippen LogP contribution in [-0.4, -0.2) is 22.9 Å². The molecule has 0 spiro atoms. The van der Waals surface area contributed by atoms with Crippen LogP contribution in [0.5, 0.6) is 0 Å². The summed E-state index contributed by atoms with van der Waals surface area (Å²) in [6.07, 6.45) is 0.888. The lowest BCUT2D eigenvalue weighted by atomic mass is 10.1. The van der Waals surface area contributed by atoms with Gasteiger partial charge in [-0.05, 0) is 47.0 Å². The van der Waals surface area contributed by atoms with E-state index in [1.807, 2.05) is 0 Å². The van der Waals surface area contributed by atoms with Crippen LogP contribution in [-0.2, 0) is 4.79 Å². The fraction of sp³-hybridized carbons (Fsp3) is 0.417. The van der Waals surface area contributed by atoms with E-state index in [9.17, 15) is 4.79 Å². The zero-order valence-corrected chi connectivity index (χ0v) is 11.9. The number of benzene rings is 1. The molecule has 0 radical (unpaired) electrons. The predicted molar refractivity (Wildman–Crippen MR) is 73.9 cm³/mol. The van der Waals surface area contributed by atoms with Crippen LogP contribution in [0.1, 0.15) is 18.4 Å². The van der Waals surface area contributed by atoms with Crippen molar-refractivity contribution < 1.29 is 9.90 Å². The van der Waals surface area contributed by atoms with Crippen molar-refractivity contribution in [2.45, 2.75) is 30.7 Å². The van der Waals surface area contributed by atoms with Crippen LogP contribution in [0.25, 0.3) is 0 Å². The maximum atomic E-state index is 10.6. The van der Waals surface area contributed by atoms with Gasteiger partial charge in [0.05, 0.1) is 5.69 Å². The molecule has 92 valence electrons. The average Bonchev–Trinajstić information content (AvgIpc) is 2.26. The van der Waals surface area contributed by atoms with Gasteiger partial charge in [-0.2, -0.15) is 0 Å². The number of carboxylic acids is 1. The Kier molecular flexibility index (Phi) is 3.99. The van der Waals surface area contributed by atoms with Crippen LogP contribution in [0.3, 0.4) is 0 Å². The summed E-state index contributed by atoms with van der Waals surface area (Å²) in [5.41, 5.74) is 2.33. The number of anilines is 1. The summed E-state index contributed by atoms with van der Waals surface area (Å²) in [6.45, 7) is 2.07. The molecule has 0 saturated carbocycles. The third-order valence-corrected chi connectivity index (χ3v) is 4.52. The molecule has 1 heterocycles. The van der Waals surface area contributed by atoms with Crippen molar-refractivity contribution in [1.29, 1.82) is 0 Å². The second-order valence-corrected chi connectivity index (χ2v) is 6.12. The molecule has 1 atom stereocenters. The van der Waals surface area contributed by atoms with Gasteiger partial charge in [-0.3, -0.25) is 4.79 Å². The monoisotopic (exact) mass is 315 g/mol. The molecule has 5 heteroatoms. The van der Waals surface area contributed by atoms with Gasteiger partial charge in [0.15, 0.2) is 0 Å². The first kappa shape index (κ1) is 12.8. The molecule has 1 aromatic rings. The van der Waals surface area contributed by atoms with Crippen LogP contribution in [0.2, 0.25) is 0 Å². The summed E-state index contributed by atoms with van der Waals surface area (Å²) in [7, 11) is 0. The van der Waals surface area contributed by atoms with Crippen molar-refractivity contribution in [3.05, 3.63) is 22.2 Å². The highest BCUT2D eigenvalue weighted by Crippen LogP contribution is 2.39. The van der Waals surface area contributed by atoms with Crippen molar-refractivity contribution in [2.24, 2.45) is 0 Å². The number of nitrogens with one attached hydrogen (secondary N) is 1. The van der Waals surface area contributed by atoms with E-state index in [2.05, 4.69) is 40.3 Å². The fourth-order valence-corrected chi connectivity index (χ4v) is 3.89. The molecule has 0 bridgehead atoms. The molecule has 1 aromatic carbocycles. The Balaban J connectivity index is 2.10. The van der Waals surface area contributed by atoms with E-state index in [-0.39, 0.29) is 12.5 Å². The van der Waals surface area contributed by atoms with Crippen molar-refractivity contribution in [1.82, 2.24) is 0 Å². The minimum absolute atomic E-state index is 0.219. The molecule has 0 fully saturated rings. The SMILES string of the molecule is Cc1cc(Br)c2c(c1)SCC(CCC(=O)O)N2. The van der Waals surface area contributed by atoms with Crippen LogP contribution in [0.4, 0.5) is 5.69 Å². The zero-order valence-electron chi connectivity index (χ0n) is 9.50. The maximum absolute atomic E-state index is 10.6. The number of hydrogen-bond donors (Lipinski definition) is 2. The van der Waals surface area contributed by atoms with Gasteiger partial charge in [-0.1, -0.05) is 0 Å². The highest BCUT2D eigenvalue weighted by Gasteiger charge is 2.21. The van der Waals surface area contributed by atoms with Crippen molar-refractivity contribution in [2.75, 3.05) is 11.1 Å². The summed E-state index contributed by atoms with van der Waals surface area (Å²) < 4.78 is 1.06. The van der Waals surface area contributed by atoms with Gasteiger partial charge >= 0.3 is 5.97 Å². The third kappa shape index (κ3) is 3.16. The molecule has 0 amide bonds. The third-order valence-electron chi connectivity index (χ3n) is 2.69. The Hall–Kier alpha value is -0.680. The smallest absolute Gasteiger partial charge is 0.303 e. The summed E-state index contributed by atoms with van der Waals surface area (Å²) in [5.74, 6) is 0.196. The lowest BCUT2D eigenvalue weighted by molar-refractivity contribution is -0.137. The number of fused-ring (bicyclic) bond motifs is 1. The number of aliphatic carboxylic acids is 1. The molecule has 0 saturated heterocycles. The van der Waals surface area contributed by atoms with Gasteiger partial charge in [0.25, 0.3) is 0 Å². The molecule has 0 aromatic heterocycles. The van der Waals surface area contributed by atoms with E-state index in [4.69, 9.17) is 5.11 Å². The molecular weight excluding hydrogens is 302 g/mol. The molecule has 2 N–H and O–H groups in total. The van der Waals surface area contributed by atoms with E-state index in [0.717, 1.165) is 15.9 Å². The van der Waals surface area contributed by atoms with Crippen LogP contribution in [0.15, 0.2) is 21.5 Å². The van der Waals surface area contributed by atoms with Crippen LogP contribution < -0.4 is 5.32 Å². The van der Waals surface area contributed by atoms with Gasteiger partial charge in [0, 0.05) is 27.6 Å².